The van der Waals surface area contributed by atoms with Crippen LogP contribution in [-0.2, 0) is 16.0 Å². The highest BCUT2D eigenvalue weighted by Gasteiger charge is 2.29. The van der Waals surface area contributed by atoms with Gasteiger partial charge in [0.25, 0.3) is 0 Å². The van der Waals surface area contributed by atoms with Gasteiger partial charge in [-0.1, -0.05) is 18.2 Å². The average Bonchev–Trinajstić information content (AvgIpc) is 3.41. The van der Waals surface area contributed by atoms with Gasteiger partial charge < -0.3 is 20.0 Å². The molecule has 0 saturated carbocycles. The van der Waals surface area contributed by atoms with Crippen LogP contribution < -0.4 is 15.5 Å². The maximum Gasteiger partial charge on any atom is 0.313 e. The number of furan rings is 1. The molecule has 30 heavy (non-hydrogen) atoms. The monoisotopic (exact) mass is 411 g/mol. The lowest BCUT2D eigenvalue weighted by Crippen LogP contribution is -2.41. The van der Waals surface area contributed by atoms with Gasteiger partial charge in [0.05, 0.1) is 12.0 Å². The first-order valence-electron chi connectivity index (χ1n) is 9.45. The normalized spacial score (nSPS) is 13.6. The summed E-state index contributed by atoms with van der Waals surface area (Å²) in [6.07, 6.45) is 2.41. The smallest absolute Gasteiger partial charge is 0.313 e. The minimum absolute atomic E-state index is 0.0970. The van der Waals surface area contributed by atoms with E-state index in [4.69, 9.17) is 4.42 Å². The molecular weight excluding hydrogens is 392 g/mol. The Morgan fingerprint density at radius 2 is 1.90 bits per heavy atom. The van der Waals surface area contributed by atoms with Crippen molar-refractivity contribution in [2.75, 3.05) is 23.3 Å². The molecule has 2 heterocycles. The van der Waals surface area contributed by atoms with Gasteiger partial charge in [-0.25, -0.2) is 8.78 Å². The van der Waals surface area contributed by atoms with Gasteiger partial charge in [-0.05, 0) is 42.3 Å². The third-order valence-electron chi connectivity index (χ3n) is 5.01. The number of anilines is 2. The molecular formula is C22H19F2N3O3. The quantitative estimate of drug-likeness (QED) is 0.631. The third-order valence-corrected chi connectivity index (χ3v) is 5.01. The fourth-order valence-electron chi connectivity index (χ4n) is 3.57. The van der Waals surface area contributed by atoms with E-state index in [-0.39, 0.29) is 12.6 Å². The summed E-state index contributed by atoms with van der Waals surface area (Å²) in [5.41, 5.74) is 1.84. The van der Waals surface area contributed by atoms with Crippen LogP contribution in [0, 0.1) is 11.6 Å². The molecule has 3 aromatic rings. The Hall–Kier alpha value is -3.68. The second kappa shape index (κ2) is 8.36. The first-order chi connectivity index (χ1) is 14.5. The first kappa shape index (κ1) is 19.6. The van der Waals surface area contributed by atoms with E-state index < -0.39 is 29.1 Å². The summed E-state index contributed by atoms with van der Waals surface area (Å²) in [6, 6.07) is 13.8. The minimum Gasteiger partial charge on any atom is -0.467 e. The molecule has 1 atom stereocenters. The van der Waals surface area contributed by atoms with E-state index in [1.165, 1.54) is 5.56 Å². The number of hydrogen-bond acceptors (Lipinski definition) is 4. The number of hydrogen-bond donors (Lipinski definition) is 2. The number of carbonyl (C=O) groups is 2. The van der Waals surface area contributed by atoms with Crippen LogP contribution >= 0.6 is 0 Å². The molecule has 2 N–H and O–H groups in total. The van der Waals surface area contributed by atoms with Crippen molar-refractivity contribution >= 4 is 23.2 Å². The van der Waals surface area contributed by atoms with Crippen molar-refractivity contribution < 1.29 is 22.8 Å². The fraction of sp³-hybridized carbons (Fsp3) is 0.182. The highest BCUT2D eigenvalue weighted by Crippen LogP contribution is 2.34. The van der Waals surface area contributed by atoms with E-state index in [1.54, 1.807) is 18.4 Å². The minimum atomic E-state index is -1.08. The number of para-hydroxylation sites is 1. The molecule has 1 aromatic heterocycles. The Kier molecular flexibility index (Phi) is 5.47. The zero-order chi connectivity index (χ0) is 21.1. The molecule has 2 aromatic carbocycles. The summed E-state index contributed by atoms with van der Waals surface area (Å²) in [5, 5.41) is 4.66. The van der Waals surface area contributed by atoms with Crippen molar-refractivity contribution in [2.24, 2.45) is 0 Å². The van der Waals surface area contributed by atoms with Crippen LogP contribution in [0.2, 0.25) is 0 Å². The number of fused-ring (bicyclic) bond motifs is 1. The van der Waals surface area contributed by atoms with Crippen LogP contribution in [0.15, 0.2) is 65.3 Å². The standard InChI is InChI=1S/C22H19F2N3O3/c23-15-7-8-16(24)17(12-15)26-22(29)21(28)25-13-19(20-6-3-11-30-20)27-10-9-14-4-1-2-5-18(14)27/h1-8,11-12,19H,9-10,13H2,(H,25,28)(H,26,29)/t19-/m1/s1. The fourth-order valence-corrected chi connectivity index (χ4v) is 3.57. The Bertz CT molecular complexity index is 1070. The molecule has 8 heteroatoms. The largest absolute Gasteiger partial charge is 0.467 e. The zero-order valence-electron chi connectivity index (χ0n) is 15.9. The number of carbonyl (C=O) groups excluding carboxylic acids is 2. The second-order valence-electron chi connectivity index (χ2n) is 6.89. The van der Waals surface area contributed by atoms with Crippen molar-refractivity contribution in [1.29, 1.82) is 0 Å². The highest BCUT2D eigenvalue weighted by atomic mass is 19.1. The van der Waals surface area contributed by atoms with E-state index in [0.717, 1.165) is 36.9 Å². The topological polar surface area (TPSA) is 74.6 Å². The molecule has 1 aliphatic rings. The predicted molar refractivity (Wildman–Crippen MR) is 107 cm³/mol. The molecule has 1 aliphatic heterocycles. The van der Waals surface area contributed by atoms with E-state index >= 15 is 0 Å². The van der Waals surface area contributed by atoms with E-state index in [9.17, 15) is 18.4 Å². The summed E-state index contributed by atoms with van der Waals surface area (Å²) in [6.45, 7) is 0.834. The maximum absolute atomic E-state index is 13.7. The van der Waals surface area contributed by atoms with Gasteiger partial charge in [-0.2, -0.15) is 0 Å². The van der Waals surface area contributed by atoms with Crippen molar-refractivity contribution in [2.45, 2.75) is 12.5 Å². The predicted octanol–water partition coefficient (Wildman–Crippen LogP) is 3.42. The van der Waals surface area contributed by atoms with Crippen LogP contribution in [-0.4, -0.2) is 24.9 Å². The molecule has 0 radical (unpaired) electrons. The van der Waals surface area contributed by atoms with Crippen LogP contribution in [0.3, 0.4) is 0 Å². The number of nitrogens with zero attached hydrogens (tertiary/aromatic N) is 1. The van der Waals surface area contributed by atoms with Gasteiger partial charge in [-0.3, -0.25) is 9.59 Å². The van der Waals surface area contributed by atoms with Crippen molar-refractivity contribution in [1.82, 2.24) is 5.32 Å². The Labute approximate surface area is 171 Å². The summed E-state index contributed by atoms with van der Waals surface area (Å²) >= 11 is 0. The molecule has 0 bridgehead atoms. The highest BCUT2D eigenvalue weighted by molar-refractivity contribution is 6.39. The van der Waals surface area contributed by atoms with Gasteiger partial charge >= 0.3 is 11.8 Å². The lowest BCUT2D eigenvalue weighted by atomic mass is 10.1. The van der Waals surface area contributed by atoms with E-state index in [1.807, 2.05) is 24.3 Å². The Morgan fingerprint density at radius 1 is 1.07 bits per heavy atom. The second-order valence-corrected chi connectivity index (χ2v) is 6.89. The zero-order valence-corrected chi connectivity index (χ0v) is 15.9. The van der Waals surface area contributed by atoms with Gasteiger partial charge in [-0.15, -0.1) is 0 Å². The van der Waals surface area contributed by atoms with Crippen LogP contribution in [0.1, 0.15) is 17.4 Å². The SMILES string of the molecule is O=C(NC[C@H](c1ccco1)N1CCc2ccccc21)C(=O)Nc1cc(F)ccc1F. The molecule has 0 spiro atoms. The van der Waals surface area contributed by atoms with Gasteiger partial charge in [0.15, 0.2) is 0 Å². The lowest BCUT2D eigenvalue weighted by molar-refractivity contribution is -0.136. The number of rotatable bonds is 5. The molecule has 4 rings (SSSR count). The molecule has 0 unspecified atom stereocenters. The summed E-state index contributed by atoms with van der Waals surface area (Å²) in [5.74, 6) is -2.96. The molecule has 0 fully saturated rings. The first-order valence-corrected chi connectivity index (χ1v) is 9.45. The maximum atomic E-state index is 13.7. The van der Waals surface area contributed by atoms with Crippen molar-refractivity contribution in [3.8, 4) is 0 Å². The Balaban J connectivity index is 1.46. The average molecular weight is 411 g/mol. The Morgan fingerprint density at radius 3 is 2.70 bits per heavy atom. The third kappa shape index (κ3) is 4.03. The lowest BCUT2D eigenvalue weighted by Gasteiger charge is -2.29. The summed E-state index contributed by atoms with van der Waals surface area (Å²) in [7, 11) is 0. The van der Waals surface area contributed by atoms with E-state index in [2.05, 4.69) is 15.5 Å². The van der Waals surface area contributed by atoms with Gasteiger partial charge in [0.2, 0.25) is 0 Å². The number of halogens is 2. The van der Waals surface area contributed by atoms with Crippen LogP contribution in [0.25, 0.3) is 0 Å². The van der Waals surface area contributed by atoms with Crippen LogP contribution in [0.5, 0.6) is 0 Å². The molecule has 2 amide bonds. The molecule has 154 valence electrons. The van der Waals surface area contributed by atoms with Crippen molar-refractivity contribution in [3.05, 3.63) is 83.8 Å². The molecule has 6 nitrogen and oxygen atoms in total. The van der Waals surface area contributed by atoms with Crippen molar-refractivity contribution in [3.63, 3.8) is 0 Å². The van der Waals surface area contributed by atoms with Gasteiger partial charge in [0.1, 0.15) is 23.4 Å². The van der Waals surface area contributed by atoms with Gasteiger partial charge in [0, 0.05) is 24.8 Å². The number of amides is 2. The summed E-state index contributed by atoms with van der Waals surface area (Å²) in [4.78, 5) is 26.5. The summed E-state index contributed by atoms with van der Waals surface area (Å²) < 4.78 is 32.5. The number of benzene rings is 2. The van der Waals surface area contributed by atoms with E-state index in [0.29, 0.717) is 5.76 Å². The van der Waals surface area contributed by atoms with Crippen LogP contribution in [0.4, 0.5) is 20.2 Å². The molecule has 0 aliphatic carbocycles. The molecule has 0 saturated heterocycles. The number of nitrogens with one attached hydrogen (secondary N) is 2.